The number of thiazole rings is 1. The molecule has 136 valence electrons. The zero-order valence-electron chi connectivity index (χ0n) is 15.2. The Bertz CT molecular complexity index is 775. The quantitative estimate of drug-likeness (QED) is 0.863. The number of aryl methyl sites for hydroxylation is 1. The van der Waals surface area contributed by atoms with Gasteiger partial charge in [0.2, 0.25) is 5.91 Å². The lowest BCUT2D eigenvalue weighted by atomic mass is 9.93. The maximum absolute atomic E-state index is 12.4. The standard InChI is InChI=1S/C17H25N5O2S/c1-17(2,3)14-10-25-16(18-14)19-15(24)8-22-6-5-13-11(7-22)12(9-23)20-21(13)4/h10,23H,5-9H2,1-4H3,(H,18,19,24). The van der Waals surface area contributed by atoms with E-state index in [0.29, 0.717) is 23.9 Å². The minimum Gasteiger partial charge on any atom is -0.390 e. The number of carbonyl (C=O) groups excluding carboxylic acids is 1. The van der Waals surface area contributed by atoms with Crippen molar-refractivity contribution >= 4 is 22.4 Å². The van der Waals surface area contributed by atoms with Crippen molar-refractivity contribution in [2.75, 3.05) is 18.4 Å². The molecule has 7 nitrogen and oxygen atoms in total. The van der Waals surface area contributed by atoms with Gasteiger partial charge in [-0.15, -0.1) is 11.3 Å². The molecule has 1 aliphatic rings. The van der Waals surface area contributed by atoms with Gasteiger partial charge in [-0.25, -0.2) is 4.98 Å². The summed E-state index contributed by atoms with van der Waals surface area (Å²) in [6.07, 6.45) is 0.831. The third-order valence-corrected chi connectivity index (χ3v) is 5.20. The van der Waals surface area contributed by atoms with Crippen LogP contribution in [-0.4, -0.2) is 43.8 Å². The van der Waals surface area contributed by atoms with E-state index in [0.717, 1.165) is 29.9 Å². The maximum atomic E-state index is 12.4. The molecule has 0 unspecified atom stereocenters. The molecule has 2 N–H and O–H groups in total. The van der Waals surface area contributed by atoms with Gasteiger partial charge in [0, 0.05) is 48.6 Å². The van der Waals surface area contributed by atoms with E-state index in [4.69, 9.17) is 0 Å². The van der Waals surface area contributed by atoms with Gasteiger partial charge in [-0.3, -0.25) is 14.4 Å². The second kappa shape index (κ2) is 6.86. The van der Waals surface area contributed by atoms with Crippen LogP contribution in [0.1, 0.15) is 43.4 Å². The molecule has 3 heterocycles. The minimum atomic E-state index is -0.0715. The third kappa shape index (κ3) is 3.91. The number of rotatable bonds is 4. The van der Waals surface area contributed by atoms with Crippen molar-refractivity contribution in [1.82, 2.24) is 19.7 Å². The Balaban J connectivity index is 1.61. The van der Waals surface area contributed by atoms with E-state index >= 15 is 0 Å². The van der Waals surface area contributed by atoms with Crippen LogP contribution in [0.15, 0.2) is 5.38 Å². The highest BCUT2D eigenvalue weighted by Crippen LogP contribution is 2.26. The van der Waals surface area contributed by atoms with Gasteiger partial charge < -0.3 is 10.4 Å². The van der Waals surface area contributed by atoms with E-state index in [9.17, 15) is 9.90 Å². The molecule has 2 aromatic rings. The SMILES string of the molecule is Cn1nc(CO)c2c1CCN(CC(=O)Nc1nc(C(C)(C)C)cs1)C2. The van der Waals surface area contributed by atoms with Gasteiger partial charge in [0.1, 0.15) is 0 Å². The molecule has 3 rings (SSSR count). The Kier molecular flexibility index (Phi) is 4.95. The summed E-state index contributed by atoms with van der Waals surface area (Å²) in [7, 11) is 1.90. The molecule has 0 bridgehead atoms. The summed E-state index contributed by atoms with van der Waals surface area (Å²) in [6, 6.07) is 0. The fraction of sp³-hybridized carbons (Fsp3) is 0.588. The molecule has 0 aromatic carbocycles. The number of hydrogen-bond donors (Lipinski definition) is 2. The van der Waals surface area contributed by atoms with Crippen molar-refractivity contribution in [2.45, 2.75) is 45.8 Å². The van der Waals surface area contributed by atoms with Crippen LogP contribution >= 0.6 is 11.3 Å². The summed E-state index contributed by atoms with van der Waals surface area (Å²) in [5, 5.41) is 19.3. The lowest BCUT2D eigenvalue weighted by molar-refractivity contribution is -0.117. The Morgan fingerprint density at radius 3 is 2.84 bits per heavy atom. The van der Waals surface area contributed by atoms with Crippen LogP contribution in [0.3, 0.4) is 0 Å². The number of aliphatic hydroxyl groups excluding tert-OH is 1. The zero-order valence-corrected chi connectivity index (χ0v) is 16.0. The highest BCUT2D eigenvalue weighted by Gasteiger charge is 2.25. The summed E-state index contributed by atoms with van der Waals surface area (Å²) in [6.45, 7) is 7.98. The molecule has 0 saturated heterocycles. The molecular formula is C17H25N5O2S. The van der Waals surface area contributed by atoms with Crippen LogP contribution in [0.2, 0.25) is 0 Å². The summed E-state index contributed by atoms with van der Waals surface area (Å²) < 4.78 is 1.84. The van der Waals surface area contributed by atoms with Crippen molar-refractivity contribution < 1.29 is 9.90 Å². The zero-order chi connectivity index (χ0) is 18.2. The predicted octanol–water partition coefficient (Wildman–Crippen LogP) is 1.66. The Hall–Kier alpha value is -1.77. The van der Waals surface area contributed by atoms with Crippen molar-refractivity contribution in [3.05, 3.63) is 28.0 Å². The number of nitrogens with one attached hydrogen (secondary N) is 1. The van der Waals surface area contributed by atoms with Gasteiger partial charge in [-0.1, -0.05) is 20.8 Å². The van der Waals surface area contributed by atoms with E-state index in [-0.39, 0.29) is 17.9 Å². The largest absolute Gasteiger partial charge is 0.390 e. The van der Waals surface area contributed by atoms with E-state index in [1.807, 2.05) is 17.1 Å². The number of fused-ring (bicyclic) bond motifs is 1. The first-order valence-corrected chi connectivity index (χ1v) is 9.28. The average Bonchev–Trinajstić information content (AvgIpc) is 3.12. The van der Waals surface area contributed by atoms with Gasteiger partial charge >= 0.3 is 0 Å². The number of carbonyl (C=O) groups is 1. The first-order chi connectivity index (χ1) is 11.8. The smallest absolute Gasteiger partial charge is 0.240 e. The molecule has 1 aliphatic heterocycles. The Morgan fingerprint density at radius 1 is 1.44 bits per heavy atom. The molecule has 1 amide bonds. The number of aromatic nitrogens is 3. The molecule has 8 heteroatoms. The highest BCUT2D eigenvalue weighted by molar-refractivity contribution is 7.13. The fourth-order valence-electron chi connectivity index (χ4n) is 3.03. The fourth-order valence-corrected chi connectivity index (χ4v) is 3.98. The minimum absolute atomic E-state index is 0.0241. The van der Waals surface area contributed by atoms with Gasteiger partial charge in [-0.05, 0) is 0 Å². The summed E-state index contributed by atoms with van der Waals surface area (Å²) in [5.41, 5.74) is 3.86. The van der Waals surface area contributed by atoms with Crippen LogP contribution in [0.4, 0.5) is 5.13 Å². The monoisotopic (exact) mass is 363 g/mol. The molecule has 0 fully saturated rings. The Morgan fingerprint density at radius 2 is 2.20 bits per heavy atom. The Labute approximate surface area is 151 Å². The topological polar surface area (TPSA) is 83.3 Å². The summed E-state index contributed by atoms with van der Waals surface area (Å²) in [4.78, 5) is 18.9. The lowest BCUT2D eigenvalue weighted by Gasteiger charge is -2.26. The van der Waals surface area contributed by atoms with E-state index in [1.165, 1.54) is 11.3 Å². The number of amides is 1. The third-order valence-electron chi connectivity index (χ3n) is 4.44. The van der Waals surface area contributed by atoms with Crippen molar-refractivity contribution in [2.24, 2.45) is 7.05 Å². The number of aliphatic hydroxyl groups is 1. The number of anilines is 1. The molecule has 25 heavy (non-hydrogen) atoms. The molecule has 0 aliphatic carbocycles. The number of nitrogens with zero attached hydrogens (tertiary/aromatic N) is 4. The van der Waals surface area contributed by atoms with Gasteiger partial charge in [0.15, 0.2) is 5.13 Å². The second-order valence-electron chi connectivity index (χ2n) is 7.45. The molecule has 2 aromatic heterocycles. The molecule has 0 saturated carbocycles. The molecule has 0 atom stereocenters. The first-order valence-electron chi connectivity index (χ1n) is 8.40. The highest BCUT2D eigenvalue weighted by atomic mass is 32.1. The van der Waals surface area contributed by atoms with Gasteiger partial charge in [0.05, 0.1) is 24.5 Å². The maximum Gasteiger partial charge on any atom is 0.240 e. The van der Waals surface area contributed by atoms with Crippen molar-refractivity contribution in [3.63, 3.8) is 0 Å². The van der Waals surface area contributed by atoms with Crippen molar-refractivity contribution in [3.8, 4) is 0 Å². The normalized spacial score (nSPS) is 15.2. The van der Waals surface area contributed by atoms with E-state index < -0.39 is 0 Å². The van der Waals surface area contributed by atoms with E-state index in [1.54, 1.807) is 0 Å². The van der Waals surface area contributed by atoms with Crippen LogP contribution in [0, 0.1) is 0 Å². The lowest BCUT2D eigenvalue weighted by Crippen LogP contribution is -2.37. The second-order valence-corrected chi connectivity index (χ2v) is 8.31. The molecule has 0 spiro atoms. The molecule has 0 radical (unpaired) electrons. The van der Waals surface area contributed by atoms with Crippen molar-refractivity contribution in [1.29, 1.82) is 0 Å². The van der Waals surface area contributed by atoms with Crippen LogP contribution in [0.25, 0.3) is 0 Å². The predicted molar refractivity (Wildman–Crippen MR) is 97.6 cm³/mol. The summed E-state index contributed by atoms with van der Waals surface area (Å²) in [5.74, 6) is -0.0623. The number of hydrogen-bond acceptors (Lipinski definition) is 6. The molecular weight excluding hydrogens is 338 g/mol. The van der Waals surface area contributed by atoms with Crippen LogP contribution in [0.5, 0.6) is 0 Å². The summed E-state index contributed by atoms with van der Waals surface area (Å²) >= 11 is 1.46. The van der Waals surface area contributed by atoms with Gasteiger partial charge in [-0.2, -0.15) is 5.10 Å². The first kappa shape index (κ1) is 18.0. The van der Waals surface area contributed by atoms with E-state index in [2.05, 4.69) is 41.1 Å². The van der Waals surface area contributed by atoms with Crippen LogP contribution < -0.4 is 5.32 Å². The van der Waals surface area contributed by atoms with Crippen LogP contribution in [-0.2, 0) is 36.8 Å². The average molecular weight is 363 g/mol. The van der Waals surface area contributed by atoms with Gasteiger partial charge in [0.25, 0.3) is 0 Å².